The van der Waals surface area contributed by atoms with Crippen molar-refractivity contribution in [1.82, 2.24) is 25.4 Å². The minimum Gasteiger partial charge on any atom is -0.357 e. The summed E-state index contributed by atoms with van der Waals surface area (Å²) in [6, 6.07) is 0.0394. The van der Waals surface area contributed by atoms with Crippen molar-refractivity contribution < 1.29 is 13.2 Å². The molecule has 1 fully saturated rings. The lowest BCUT2D eigenvalue weighted by molar-refractivity contribution is -0.182. The van der Waals surface area contributed by atoms with E-state index in [1.807, 2.05) is 18.4 Å². The number of hydrogen-bond donors (Lipinski definition) is 2. The van der Waals surface area contributed by atoms with Crippen LogP contribution >= 0.6 is 0 Å². The molecule has 0 amide bonds. The van der Waals surface area contributed by atoms with E-state index in [0.717, 1.165) is 12.2 Å². The predicted molar refractivity (Wildman–Crippen MR) is 90.3 cm³/mol. The smallest absolute Gasteiger partial charge is 0.357 e. The van der Waals surface area contributed by atoms with E-state index in [2.05, 4.69) is 25.8 Å². The van der Waals surface area contributed by atoms with Crippen LogP contribution in [0.2, 0.25) is 0 Å². The van der Waals surface area contributed by atoms with Crippen molar-refractivity contribution in [3.8, 4) is 0 Å². The maximum atomic E-state index is 12.7. The topological polar surface area (TPSA) is 67.1 Å². The molecule has 0 saturated heterocycles. The van der Waals surface area contributed by atoms with Gasteiger partial charge in [-0.1, -0.05) is 6.92 Å². The van der Waals surface area contributed by atoms with Crippen LogP contribution in [0, 0.1) is 5.92 Å². The summed E-state index contributed by atoms with van der Waals surface area (Å²) in [6.45, 7) is 5.92. The summed E-state index contributed by atoms with van der Waals surface area (Å²) in [6.07, 6.45) is -0.181. The lowest BCUT2D eigenvalue weighted by atomic mass is 9.85. The van der Waals surface area contributed by atoms with Gasteiger partial charge >= 0.3 is 6.18 Å². The fourth-order valence-corrected chi connectivity index (χ4v) is 3.09. The number of halogens is 3. The summed E-state index contributed by atoms with van der Waals surface area (Å²) in [4.78, 5) is 4.52. The van der Waals surface area contributed by atoms with E-state index in [1.54, 1.807) is 6.33 Å². The molecule has 0 aliphatic heterocycles. The molecule has 0 radical (unpaired) electrons. The van der Waals surface area contributed by atoms with Crippen molar-refractivity contribution >= 4 is 5.96 Å². The van der Waals surface area contributed by atoms with Crippen molar-refractivity contribution in [3.63, 3.8) is 0 Å². The van der Waals surface area contributed by atoms with Crippen molar-refractivity contribution in [3.05, 3.63) is 12.2 Å². The van der Waals surface area contributed by atoms with E-state index in [4.69, 9.17) is 0 Å². The highest BCUT2D eigenvalue weighted by molar-refractivity contribution is 5.80. The van der Waals surface area contributed by atoms with E-state index in [0.29, 0.717) is 38.4 Å². The van der Waals surface area contributed by atoms with Gasteiger partial charge in [-0.15, -0.1) is 10.2 Å². The van der Waals surface area contributed by atoms with Crippen LogP contribution in [0.4, 0.5) is 13.2 Å². The number of aryl methyl sites for hydroxylation is 1. The molecule has 0 unspecified atom stereocenters. The first-order valence-corrected chi connectivity index (χ1v) is 8.92. The molecule has 0 atom stereocenters. The first kappa shape index (κ1) is 19.5. The Bertz CT molecular complexity index is 546. The third-order valence-electron chi connectivity index (χ3n) is 4.50. The van der Waals surface area contributed by atoms with Gasteiger partial charge in [-0.05, 0) is 32.6 Å². The quantitative estimate of drug-likeness (QED) is 0.604. The summed E-state index contributed by atoms with van der Waals surface area (Å²) in [5, 5.41) is 14.3. The lowest BCUT2D eigenvalue weighted by Crippen LogP contribution is -2.46. The van der Waals surface area contributed by atoms with E-state index in [9.17, 15) is 13.2 Å². The molecule has 0 aromatic carbocycles. The van der Waals surface area contributed by atoms with Gasteiger partial charge in [0, 0.05) is 25.6 Å². The van der Waals surface area contributed by atoms with Gasteiger partial charge in [0.1, 0.15) is 12.2 Å². The second-order valence-electron chi connectivity index (χ2n) is 6.29. The second kappa shape index (κ2) is 9.05. The third kappa shape index (κ3) is 5.89. The van der Waals surface area contributed by atoms with Crippen molar-refractivity contribution in [2.75, 3.05) is 13.1 Å². The number of aromatic nitrogens is 3. The summed E-state index contributed by atoms with van der Waals surface area (Å²) in [7, 11) is 0. The van der Waals surface area contributed by atoms with E-state index in [1.165, 1.54) is 0 Å². The molecule has 1 aliphatic rings. The summed E-state index contributed by atoms with van der Waals surface area (Å²) in [5.41, 5.74) is 0. The molecule has 2 rings (SSSR count). The first-order valence-electron chi connectivity index (χ1n) is 8.92. The molecular formula is C16H27F3N6. The number of hydrogen-bond acceptors (Lipinski definition) is 3. The van der Waals surface area contributed by atoms with Gasteiger partial charge in [0.15, 0.2) is 5.96 Å². The van der Waals surface area contributed by atoms with Gasteiger partial charge in [0.2, 0.25) is 0 Å². The van der Waals surface area contributed by atoms with Crippen molar-refractivity contribution in [2.24, 2.45) is 10.9 Å². The Morgan fingerprint density at radius 1 is 1.28 bits per heavy atom. The van der Waals surface area contributed by atoms with Gasteiger partial charge in [-0.2, -0.15) is 13.2 Å². The number of aliphatic imine (C=N–C) groups is 1. The zero-order valence-corrected chi connectivity index (χ0v) is 14.8. The Hall–Kier alpha value is -1.80. The summed E-state index contributed by atoms with van der Waals surface area (Å²) >= 11 is 0. The average Bonchev–Trinajstić information content (AvgIpc) is 3.02. The summed E-state index contributed by atoms with van der Waals surface area (Å²) in [5.74, 6) is 0.411. The van der Waals surface area contributed by atoms with Crippen LogP contribution in [-0.4, -0.2) is 46.0 Å². The standard InChI is InChI=1S/C16H27F3N6/c1-3-14-24-22-11-25(14)10-9-21-15(20-4-2)23-13-7-5-12(6-8-13)16(17,18)19/h11-13H,3-10H2,1-2H3,(H2,20,21,23). The minimum absolute atomic E-state index is 0.0394. The van der Waals surface area contributed by atoms with Gasteiger partial charge in [0.05, 0.1) is 12.5 Å². The van der Waals surface area contributed by atoms with E-state index in [-0.39, 0.29) is 18.9 Å². The zero-order valence-electron chi connectivity index (χ0n) is 14.8. The van der Waals surface area contributed by atoms with E-state index >= 15 is 0 Å². The predicted octanol–water partition coefficient (Wildman–Crippen LogP) is 2.52. The maximum Gasteiger partial charge on any atom is 0.391 e. The normalized spacial score (nSPS) is 22.0. The largest absolute Gasteiger partial charge is 0.391 e. The summed E-state index contributed by atoms with van der Waals surface area (Å²) < 4.78 is 40.2. The number of nitrogens with zero attached hydrogens (tertiary/aromatic N) is 4. The fraction of sp³-hybridized carbons (Fsp3) is 0.812. The van der Waals surface area contributed by atoms with Crippen molar-refractivity contribution in [1.29, 1.82) is 0 Å². The molecule has 0 bridgehead atoms. The number of nitrogens with one attached hydrogen (secondary N) is 2. The molecular weight excluding hydrogens is 333 g/mol. The van der Waals surface area contributed by atoms with Crippen LogP contribution in [0.1, 0.15) is 45.4 Å². The maximum absolute atomic E-state index is 12.7. The number of rotatable bonds is 6. The highest BCUT2D eigenvalue weighted by atomic mass is 19.4. The van der Waals surface area contributed by atoms with Crippen LogP contribution in [0.3, 0.4) is 0 Å². The highest BCUT2D eigenvalue weighted by Gasteiger charge is 2.41. The highest BCUT2D eigenvalue weighted by Crippen LogP contribution is 2.37. The molecule has 1 saturated carbocycles. The lowest BCUT2D eigenvalue weighted by Gasteiger charge is -2.31. The van der Waals surface area contributed by atoms with Gasteiger partial charge in [0.25, 0.3) is 0 Å². The Kier molecular flexibility index (Phi) is 7.07. The number of guanidine groups is 1. The SMILES string of the molecule is CCNC(=NCCn1cnnc1CC)NC1CCC(C(F)(F)F)CC1. The molecule has 6 nitrogen and oxygen atoms in total. The van der Waals surface area contributed by atoms with Crippen LogP contribution in [0.15, 0.2) is 11.3 Å². The molecule has 0 spiro atoms. The molecule has 1 aliphatic carbocycles. The Balaban J connectivity index is 1.84. The first-order chi connectivity index (χ1) is 11.9. The van der Waals surface area contributed by atoms with Crippen LogP contribution in [-0.2, 0) is 13.0 Å². The van der Waals surface area contributed by atoms with Crippen LogP contribution < -0.4 is 10.6 Å². The van der Waals surface area contributed by atoms with Crippen LogP contribution in [0.25, 0.3) is 0 Å². The zero-order chi connectivity index (χ0) is 18.3. The monoisotopic (exact) mass is 360 g/mol. The molecule has 25 heavy (non-hydrogen) atoms. The third-order valence-corrected chi connectivity index (χ3v) is 4.50. The molecule has 1 aromatic rings. The minimum atomic E-state index is -4.07. The van der Waals surface area contributed by atoms with Gasteiger partial charge < -0.3 is 15.2 Å². The van der Waals surface area contributed by atoms with Crippen LogP contribution in [0.5, 0.6) is 0 Å². The Labute approximate surface area is 146 Å². The fourth-order valence-electron chi connectivity index (χ4n) is 3.09. The van der Waals surface area contributed by atoms with Crippen molar-refractivity contribution in [2.45, 2.75) is 64.7 Å². The Morgan fingerprint density at radius 2 is 2.00 bits per heavy atom. The number of alkyl halides is 3. The van der Waals surface area contributed by atoms with E-state index < -0.39 is 12.1 Å². The van der Waals surface area contributed by atoms with Gasteiger partial charge in [-0.25, -0.2) is 0 Å². The Morgan fingerprint density at radius 3 is 2.60 bits per heavy atom. The average molecular weight is 360 g/mol. The molecule has 1 heterocycles. The molecule has 142 valence electrons. The van der Waals surface area contributed by atoms with Gasteiger partial charge in [-0.3, -0.25) is 4.99 Å². The molecule has 9 heteroatoms. The molecule has 1 aromatic heterocycles. The molecule has 2 N–H and O–H groups in total. The second-order valence-corrected chi connectivity index (χ2v) is 6.29.